The maximum atomic E-state index is 2.26. The Morgan fingerprint density at radius 1 is 0.636 bits per heavy atom. The molecule has 0 aliphatic heterocycles. The van der Waals surface area contributed by atoms with Gasteiger partial charge < -0.3 is 0 Å². The van der Waals surface area contributed by atoms with Crippen LogP contribution in [0.3, 0.4) is 0 Å². The monoisotopic (exact) mass is 400 g/mol. The van der Waals surface area contributed by atoms with Crippen molar-refractivity contribution in [3.8, 4) is 11.1 Å². The van der Waals surface area contributed by atoms with Gasteiger partial charge in [0.25, 0.3) is 0 Å². The maximum absolute atomic E-state index is 2.26. The van der Waals surface area contributed by atoms with E-state index in [1.165, 1.54) is 22.5 Å². The van der Waals surface area contributed by atoms with Crippen LogP contribution in [-0.2, 0) is 0 Å². The molecular weight excluding hydrogens is 381 g/mol. The van der Waals surface area contributed by atoms with Gasteiger partial charge in [0.05, 0.1) is 30.2 Å². The summed E-state index contributed by atoms with van der Waals surface area (Å²) in [4.78, 5) is 0. The highest BCUT2D eigenvalue weighted by molar-refractivity contribution is 8.30. The predicted molar refractivity (Wildman–Crippen MR) is 119 cm³/mol. The summed E-state index contributed by atoms with van der Waals surface area (Å²) in [7, 11) is 2.21. The van der Waals surface area contributed by atoms with Crippen LogP contribution in [0.4, 0.5) is 11.4 Å². The molecule has 0 fully saturated rings. The lowest BCUT2D eigenvalue weighted by Gasteiger charge is -2.19. The largest absolute Gasteiger partial charge is 0.266 e. The first-order valence-corrected chi connectivity index (χ1v) is 16.3. The lowest BCUT2D eigenvalue weighted by Crippen LogP contribution is -2.02. The molecule has 2 rings (SSSR count). The van der Waals surface area contributed by atoms with Gasteiger partial charge in [-0.2, -0.15) is 0 Å². The highest BCUT2D eigenvalue weighted by Crippen LogP contribution is 2.32. The number of rotatable bonds is 7. The van der Waals surface area contributed by atoms with Crippen LogP contribution in [-0.4, -0.2) is 31.3 Å². The average molecular weight is 401 g/mol. The molecule has 0 bridgehead atoms. The Balaban J connectivity index is 2.18. The summed E-state index contributed by atoms with van der Waals surface area (Å²) in [5.74, 6) is 0. The van der Waals surface area contributed by atoms with Gasteiger partial charge in [0.2, 0.25) is 0 Å². The number of hydrogen-bond acceptors (Lipinski definition) is 6. The SMILES string of the molecule is CSN(S[SiH3])c1ccc(-c2ccc(N(SC)S[SiH3])cc2)cc1. The second-order valence-electron chi connectivity index (χ2n) is 4.34. The average Bonchev–Trinajstić information content (AvgIpc) is 2.58. The van der Waals surface area contributed by atoms with Gasteiger partial charge in [0.15, 0.2) is 0 Å². The van der Waals surface area contributed by atoms with Gasteiger partial charge >= 0.3 is 0 Å². The lowest BCUT2D eigenvalue weighted by atomic mass is 10.1. The molecule has 0 atom stereocenters. The fourth-order valence-electron chi connectivity index (χ4n) is 2.12. The molecule has 0 aromatic heterocycles. The van der Waals surface area contributed by atoms with Crippen molar-refractivity contribution < 1.29 is 0 Å². The van der Waals surface area contributed by atoms with Crippen LogP contribution in [0.2, 0.25) is 0 Å². The molecule has 0 aliphatic rings. The standard InChI is InChI=1S/C14H20N2S4Si2/c1-17-15(19-21)13-7-3-11(4-8-13)12-5-9-14(10-6-12)16(18-2)20-22/h3-10H,1-2,21-22H3. The van der Waals surface area contributed by atoms with Crippen LogP contribution in [0.15, 0.2) is 48.5 Å². The number of nitrogens with zero attached hydrogens (tertiary/aromatic N) is 2. The van der Waals surface area contributed by atoms with E-state index in [1.807, 2.05) is 22.8 Å². The minimum absolute atomic E-state index is 1.10. The zero-order chi connectivity index (χ0) is 15.9. The summed E-state index contributed by atoms with van der Waals surface area (Å²) in [6, 6.07) is 17.6. The van der Waals surface area contributed by atoms with E-state index in [0.717, 1.165) is 18.8 Å². The molecule has 22 heavy (non-hydrogen) atoms. The third-order valence-electron chi connectivity index (χ3n) is 3.15. The van der Waals surface area contributed by atoms with E-state index in [2.05, 4.69) is 68.5 Å². The van der Waals surface area contributed by atoms with Crippen molar-refractivity contribution in [2.75, 3.05) is 19.9 Å². The molecular formula is C14H20N2S4Si2. The van der Waals surface area contributed by atoms with Crippen molar-refractivity contribution in [1.82, 2.24) is 0 Å². The van der Waals surface area contributed by atoms with Crippen molar-refractivity contribution in [3.05, 3.63) is 48.5 Å². The van der Waals surface area contributed by atoms with Crippen LogP contribution in [0, 0.1) is 0 Å². The number of hydrogen-bond donors (Lipinski definition) is 0. The summed E-state index contributed by atoms with van der Waals surface area (Å²) in [5.41, 5.74) is 5.05. The summed E-state index contributed by atoms with van der Waals surface area (Å²) < 4.78 is 4.52. The second kappa shape index (κ2) is 9.24. The number of anilines is 2. The first-order valence-electron chi connectivity index (χ1n) is 6.70. The predicted octanol–water partition coefficient (Wildman–Crippen LogP) is 3.38. The van der Waals surface area contributed by atoms with Crippen molar-refractivity contribution in [2.24, 2.45) is 0 Å². The summed E-state index contributed by atoms with van der Waals surface area (Å²) >= 11 is 7.24. The molecule has 8 heteroatoms. The van der Waals surface area contributed by atoms with Crippen LogP contribution in [0.5, 0.6) is 0 Å². The Morgan fingerprint density at radius 2 is 0.955 bits per heavy atom. The van der Waals surface area contributed by atoms with Gasteiger partial charge in [-0.1, -0.05) is 47.1 Å². The first-order chi connectivity index (χ1) is 10.7. The molecule has 2 aromatic carbocycles. The molecule has 2 aromatic rings. The van der Waals surface area contributed by atoms with Crippen LogP contribution < -0.4 is 7.42 Å². The summed E-state index contributed by atoms with van der Waals surface area (Å²) in [6.45, 7) is 0. The highest BCUT2D eigenvalue weighted by Gasteiger charge is 2.06. The molecule has 0 spiro atoms. The van der Waals surface area contributed by atoms with E-state index in [4.69, 9.17) is 0 Å². The van der Waals surface area contributed by atoms with Crippen LogP contribution in [0.1, 0.15) is 0 Å². The smallest absolute Gasteiger partial charge is 0.0979 e. The van der Waals surface area contributed by atoms with E-state index in [1.54, 1.807) is 23.9 Å². The molecule has 0 N–H and O–H groups in total. The van der Waals surface area contributed by atoms with Gasteiger partial charge in [-0.25, -0.2) is 0 Å². The van der Waals surface area contributed by atoms with Crippen LogP contribution in [0.25, 0.3) is 11.1 Å². The topological polar surface area (TPSA) is 6.48 Å². The van der Waals surface area contributed by atoms with E-state index in [9.17, 15) is 0 Å². The maximum Gasteiger partial charge on any atom is 0.0979 e. The molecule has 0 radical (unpaired) electrons. The second-order valence-corrected chi connectivity index (χ2v) is 9.91. The van der Waals surface area contributed by atoms with Gasteiger partial charge in [0, 0.05) is 12.5 Å². The molecule has 0 heterocycles. The fraction of sp³-hybridized carbons (Fsp3) is 0.143. The van der Waals surface area contributed by atoms with Crippen molar-refractivity contribution >= 4 is 76.8 Å². The Hall–Kier alpha value is -0.126. The van der Waals surface area contributed by atoms with E-state index in [0.29, 0.717) is 0 Å². The molecule has 0 saturated heterocycles. The zero-order valence-corrected chi connectivity index (χ0v) is 20.4. The van der Waals surface area contributed by atoms with Gasteiger partial charge in [-0.3, -0.25) is 7.42 Å². The Labute approximate surface area is 155 Å². The molecule has 0 saturated carbocycles. The Morgan fingerprint density at radius 3 is 1.18 bits per heavy atom. The van der Waals surface area contributed by atoms with Crippen molar-refractivity contribution in [3.63, 3.8) is 0 Å². The first kappa shape index (κ1) is 18.2. The van der Waals surface area contributed by atoms with E-state index in [-0.39, 0.29) is 0 Å². The Bertz CT molecular complexity index is 519. The fourth-order valence-corrected chi connectivity index (χ4v) is 8.59. The summed E-state index contributed by atoms with van der Waals surface area (Å²) in [5, 5.41) is 0. The number of benzene rings is 2. The van der Waals surface area contributed by atoms with Gasteiger partial charge in [0.1, 0.15) is 0 Å². The van der Waals surface area contributed by atoms with Crippen molar-refractivity contribution in [1.29, 1.82) is 0 Å². The minimum Gasteiger partial charge on any atom is -0.266 e. The van der Waals surface area contributed by atoms with Gasteiger partial charge in [-0.05, 0) is 59.3 Å². The molecule has 0 amide bonds. The Kier molecular flexibility index (Phi) is 7.65. The zero-order valence-electron chi connectivity index (χ0n) is 13.1. The normalized spacial score (nSPS) is 10.8. The summed E-state index contributed by atoms with van der Waals surface area (Å²) in [6.07, 6.45) is 4.23. The highest BCUT2D eigenvalue weighted by atomic mass is 32.4. The quantitative estimate of drug-likeness (QED) is 0.515. The molecule has 0 unspecified atom stereocenters. The van der Waals surface area contributed by atoms with E-state index >= 15 is 0 Å². The van der Waals surface area contributed by atoms with E-state index < -0.39 is 0 Å². The third-order valence-corrected chi connectivity index (χ3v) is 10.9. The lowest BCUT2D eigenvalue weighted by molar-refractivity contribution is 1.56. The van der Waals surface area contributed by atoms with Crippen LogP contribution >= 0.6 is 46.7 Å². The molecule has 2 nitrogen and oxygen atoms in total. The minimum atomic E-state index is 1.10. The molecule has 118 valence electrons. The third kappa shape index (κ3) is 4.45. The van der Waals surface area contributed by atoms with Gasteiger partial charge in [-0.15, -0.1) is 0 Å². The molecule has 0 aliphatic carbocycles. The van der Waals surface area contributed by atoms with Crippen molar-refractivity contribution in [2.45, 2.75) is 0 Å².